The molecule has 0 bridgehead atoms. The molecule has 0 aliphatic carbocycles. The number of rotatable bonds is 80. The number of unbranched alkanes of at least 4 members (excludes halogenated alkanes) is 63. The summed E-state index contributed by atoms with van der Waals surface area (Å²) in [5.74, 6) is -0.0445. The van der Waals surface area contributed by atoms with Crippen molar-refractivity contribution in [3.63, 3.8) is 0 Å². The van der Waals surface area contributed by atoms with E-state index in [-0.39, 0.29) is 18.5 Å². The highest BCUT2D eigenvalue weighted by Crippen LogP contribution is 2.20. The molecular weight excluding hydrogens is 1140 g/mol. The van der Waals surface area contributed by atoms with Gasteiger partial charge < -0.3 is 20.3 Å². The average Bonchev–Trinajstić information content (AvgIpc) is 3.78. The van der Waals surface area contributed by atoms with Crippen LogP contribution in [0.4, 0.5) is 0 Å². The number of allylic oxidation sites excluding steroid dienone is 7. The van der Waals surface area contributed by atoms with Gasteiger partial charge in [-0.15, -0.1) is 0 Å². The van der Waals surface area contributed by atoms with Crippen molar-refractivity contribution in [2.75, 3.05) is 13.2 Å². The third-order valence-electron chi connectivity index (χ3n) is 19.8. The smallest absolute Gasteiger partial charge is 0.305 e. The summed E-state index contributed by atoms with van der Waals surface area (Å²) in [5.41, 5.74) is 0. The number of amides is 1. The molecule has 0 aromatic carbocycles. The zero-order valence-electron chi connectivity index (χ0n) is 63.0. The second kappa shape index (κ2) is 82.2. The number of hydrogen-bond donors (Lipinski definition) is 3. The Bertz CT molecular complexity index is 1550. The third-order valence-corrected chi connectivity index (χ3v) is 19.8. The van der Waals surface area contributed by atoms with E-state index >= 15 is 0 Å². The summed E-state index contributed by atoms with van der Waals surface area (Å²) >= 11 is 0. The number of aliphatic hydroxyl groups is 2. The molecule has 1 amide bonds. The standard InChI is InChI=1S/C87H165NO5/c1-3-5-7-9-11-13-15-17-19-21-23-24-25-37-40-44-47-51-55-59-63-67-71-75-79-85(90)84(83-89)88-86(91)80-76-72-68-64-60-56-52-48-45-41-38-35-33-31-29-27-26-28-30-32-34-36-39-42-46-50-54-58-62-66-70-74-78-82-93-87(92)81-77-73-69-65-61-57-53-49-43-22-20-18-16-14-12-10-8-6-4-2/h12,14,18,20,30,32,75,79,84-85,89-90H,3-11,13,15-17,19,21-29,31,33-74,76-78,80-83H2,1-2H3,(H,88,91)/b14-12-,20-18-,32-30-,79-75+. The van der Waals surface area contributed by atoms with Gasteiger partial charge in [-0.3, -0.25) is 9.59 Å². The van der Waals surface area contributed by atoms with Crippen LogP contribution in [0.15, 0.2) is 48.6 Å². The zero-order chi connectivity index (χ0) is 67.0. The van der Waals surface area contributed by atoms with Crippen molar-refractivity contribution in [3.8, 4) is 0 Å². The van der Waals surface area contributed by atoms with Crippen LogP contribution in [0, 0.1) is 0 Å². The van der Waals surface area contributed by atoms with Crippen LogP contribution in [0.25, 0.3) is 0 Å². The average molecular weight is 1310 g/mol. The zero-order valence-corrected chi connectivity index (χ0v) is 63.0. The van der Waals surface area contributed by atoms with Gasteiger partial charge in [0.2, 0.25) is 5.91 Å². The van der Waals surface area contributed by atoms with Crippen LogP contribution in [0.3, 0.4) is 0 Å². The van der Waals surface area contributed by atoms with Crippen molar-refractivity contribution in [1.29, 1.82) is 0 Å². The fraction of sp³-hybridized carbons (Fsp3) is 0.885. The maximum absolute atomic E-state index is 12.6. The van der Waals surface area contributed by atoms with Gasteiger partial charge in [-0.25, -0.2) is 0 Å². The lowest BCUT2D eigenvalue weighted by Gasteiger charge is -2.20. The quantitative estimate of drug-likeness (QED) is 0.0320. The van der Waals surface area contributed by atoms with Crippen molar-refractivity contribution in [1.82, 2.24) is 5.32 Å². The van der Waals surface area contributed by atoms with E-state index in [1.165, 1.54) is 392 Å². The Labute approximate surface area is 582 Å². The van der Waals surface area contributed by atoms with Crippen LogP contribution < -0.4 is 5.32 Å². The van der Waals surface area contributed by atoms with Gasteiger partial charge in [0.25, 0.3) is 0 Å². The minimum absolute atomic E-state index is 0.0154. The van der Waals surface area contributed by atoms with E-state index in [1.807, 2.05) is 6.08 Å². The molecule has 6 heteroatoms. The fourth-order valence-electron chi connectivity index (χ4n) is 13.4. The summed E-state index contributed by atoms with van der Waals surface area (Å²) in [5, 5.41) is 23.3. The highest BCUT2D eigenvalue weighted by molar-refractivity contribution is 5.76. The summed E-state index contributed by atoms with van der Waals surface area (Å²) in [6.45, 7) is 4.93. The summed E-state index contributed by atoms with van der Waals surface area (Å²) in [4.78, 5) is 24.7. The number of carbonyl (C=O) groups excluding carboxylic acids is 2. The largest absolute Gasteiger partial charge is 0.466 e. The van der Waals surface area contributed by atoms with Gasteiger partial charge in [0, 0.05) is 12.8 Å². The molecule has 0 heterocycles. The van der Waals surface area contributed by atoms with Gasteiger partial charge in [-0.1, -0.05) is 416 Å². The van der Waals surface area contributed by atoms with E-state index in [0.717, 1.165) is 51.4 Å². The van der Waals surface area contributed by atoms with E-state index in [1.54, 1.807) is 6.08 Å². The lowest BCUT2D eigenvalue weighted by Crippen LogP contribution is -2.45. The Morgan fingerprint density at radius 3 is 0.849 bits per heavy atom. The van der Waals surface area contributed by atoms with E-state index in [9.17, 15) is 19.8 Å². The van der Waals surface area contributed by atoms with Gasteiger partial charge >= 0.3 is 5.97 Å². The first-order chi connectivity index (χ1) is 46.0. The molecule has 0 aromatic rings. The molecule has 0 aliphatic heterocycles. The highest BCUT2D eigenvalue weighted by atomic mass is 16.5. The van der Waals surface area contributed by atoms with Crippen LogP contribution in [0.1, 0.15) is 470 Å². The van der Waals surface area contributed by atoms with Crippen LogP contribution in [-0.2, 0) is 14.3 Å². The second-order valence-electron chi connectivity index (χ2n) is 29.2. The number of esters is 1. The van der Waals surface area contributed by atoms with Gasteiger partial charge in [0.05, 0.1) is 25.4 Å². The molecule has 0 aromatic heterocycles. The molecule has 0 spiro atoms. The molecule has 2 unspecified atom stereocenters. The first-order valence-corrected chi connectivity index (χ1v) is 42.4. The number of ether oxygens (including phenoxy) is 1. The second-order valence-corrected chi connectivity index (χ2v) is 29.2. The van der Waals surface area contributed by atoms with Crippen LogP contribution in [0.5, 0.6) is 0 Å². The normalized spacial score (nSPS) is 12.7. The van der Waals surface area contributed by atoms with Gasteiger partial charge in [0.15, 0.2) is 0 Å². The third kappa shape index (κ3) is 78.7. The van der Waals surface area contributed by atoms with E-state index in [2.05, 4.69) is 55.6 Å². The maximum atomic E-state index is 12.6. The summed E-state index contributed by atoms with van der Waals surface area (Å²) in [6.07, 6.45) is 110. The fourth-order valence-corrected chi connectivity index (χ4v) is 13.4. The van der Waals surface area contributed by atoms with Crippen molar-refractivity contribution in [3.05, 3.63) is 48.6 Å². The van der Waals surface area contributed by atoms with Crippen molar-refractivity contribution < 1.29 is 24.5 Å². The minimum atomic E-state index is -0.845. The SMILES string of the molecule is CCCCC/C=C\C/C=C\CCCCCCCCCCCC(=O)OCCCCCCCCCCCCCC/C=C\CCCCCCCCCCCCCCCCCCCC(=O)NC(CO)C(O)/C=C/CCCCCCCCCCCCCCCCCCCCCCCC. The molecule has 6 nitrogen and oxygen atoms in total. The maximum Gasteiger partial charge on any atom is 0.305 e. The van der Waals surface area contributed by atoms with E-state index in [4.69, 9.17) is 4.74 Å². The topological polar surface area (TPSA) is 95.9 Å². The Kier molecular flexibility index (Phi) is 80.3. The van der Waals surface area contributed by atoms with Gasteiger partial charge in [-0.05, 0) is 89.9 Å². The molecule has 548 valence electrons. The monoisotopic (exact) mass is 1300 g/mol. The summed E-state index contributed by atoms with van der Waals surface area (Å²) in [7, 11) is 0. The highest BCUT2D eigenvalue weighted by Gasteiger charge is 2.18. The molecule has 2 atom stereocenters. The molecular formula is C87H165NO5. The lowest BCUT2D eigenvalue weighted by atomic mass is 10.0. The summed E-state index contributed by atoms with van der Waals surface area (Å²) in [6, 6.07) is -0.628. The minimum Gasteiger partial charge on any atom is -0.466 e. The van der Waals surface area contributed by atoms with Crippen molar-refractivity contribution in [2.45, 2.75) is 482 Å². The van der Waals surface area contributed by atoms with E-state index in [0.29, 0.717) is 19.4 Å². The molecule has 93 heavy (non-hydrogen) atoms. The van der Waals surface area contributed by atoms with E-state index < -0.39 is 12.1 Å². The number of hydrogen-bond acceptors (Lipinski definition) is 5. The van der Waals surface area contributed by atoms with Gasteiger partial charge in [0.1, 0.15) is 0 Å². The molecule has 0 fully saturated rings. The number of nitrogens with one attached hydrogen (secondary N) is 1. The Morgan fingerprint density at radius 1 is 0.301 bits per heavy atom. The molecule has 0 rings (SSSR count). The summed E-state index contributed by atoms with van der Waals surface area (Å²) < 4.78 is 5.52. The molecule has 0 radical (unpaired) electrons. The molecule has 0 aliphatic rings. The predicted molar refractivity (Wildman–Crippen MR) is 412 cm³/mol. The molecule has 0 saturated carbocycles. The Morgan fingerprint density at radius 2 is 0.538 bits per heavy atom. The first kappa shape index (κ1) is 90.8. The Hall–Kier alpha value is -2.18. The van der Waals surface area contributed by atoms with Gasteiger partial charge in [-0.2, -0.15) is 0 Å². The predicted octanol–water partition coefficient (Wildman–Crippen LogP) is 28.3. The number of carbonyl (C=O) groups is 2. The first-order valence-electron chi connectivity index (χ1n) is 42.4. The van der Waals surface area contributed by atoms with Crippen LogP contribution >= 0.6 is 0 Å². The molecule has 3 N–H and O–H groups in total. The van der Waals surface area contributed by atoms with Crippen molar-refractivity contribution >= 4 is 11.9 Å². The van der Waals surface area contributed by atoms with Crippen molar-refractivity contribution in [2.24, 2.45) is 0 Å². The molecule has 0 saturated heterocycles. The lowest BCUT2D eigenvalue weighted by molar-refractivity contribution is -0.143. The number of aliphatic hydroxyl groups excluding tert-OH is 2. The Balaban J connectivity index is 3.37. The van der Waals surface area contributed by atoms with Crippen LogP contribution in [0.2, 0.25) is 0 Å². The van der Waals surface area contributed by atoms with Crippen LogP contribution in [-0.4, -0.2) is 47.4 Å².